The van der Waals surface area contributed by atoms with Crippen molar-refractivity contribution < 1.29 is 9.16 Å². The van der Waals surface area contributed by atoms with Gasteiger partial charge >= 0.3 is 0 Å². The second-order valence-corrected chi connectivity index (χ2v) is 14.8. The molecule has 4 nitrogen and oxygen atoms in total. The molecular weight excluding hydrogens is 432 g/mol. The number of halogens is 1. The van der Waals surface area contributed by atoms with Gasteiger partial charge < -0.3 is 9.16 Å². The Morgan fingerprint density at radius 2 is 2.11 bits per heavy atom. The number of aromatic nitrogens is 2. The van der Waals surface area contributed by atoms with Crippen LogP contribution in [0.15, 0.2) is 22.8 Å². The lowest BCUT2D eigenvalue weighted by molar-refractivity contribution is -0.0366. The minimum absolute atomic E-state index is 0.0527. The monoisotopic (exact) mass is 464 g/mol. The van der Waals surface area contributed by atoms with Gasteiger partial charge in [0.2, 0.25) is 0 Å². The molecule has 3 rings (SSSR count). The van der Waals surface area contributed by atoms with Crippen molar-refractivity contribution in [3.63, 3.8) is 0 Å². The van der Waals surface area contributed by atoms with E-state index in [0.29, 0.717) is 6.61 Å². The fourth-order valence-corrected chi connectivity index (χ4v) is 4.97. The first-order valence-corrected chi connectivity index (χ1v) is 13.9. The lowest BCUT2D eigenvalue weighted by Gasteiger charge is -2.35. The van der Waals surface area contributed by atoms with E-state index in [1.54, 1.807) is 0 Å². The van der Waals surface area contributed by atoms with E-state index in [4.69, 9.17) is 9.16 Å². The maximum absolute atomic E-state index is 6.27. The molecule has 1 fully saturated rings. The molecule has 1 aliphatic rings. The van der Waals surface area contributed by atoms with Gasteiger partial charge in [-0.2, -0.15) is 5.10 Å². The fraction of sp³-hybridized carbons (Fsp3) is 0.591. The summed E-state index contributed by atoms with van der Waals surface area (Å²) >= 11 is 3.82. The molecule has 1 aromatic carbocycles. The molecule has 0 radical (unpaired) electrons. The Morgan fingerprint density at radius 3 is 2.75 bits per heavy atom. The second kappa shape index (κ2) is 8.42. The van der Waals surface area contributed by atoms with Gasteiger partial charge in [-0.15, -0.1) is 0 Å². The van der Waals surface area contributed by atoms with Gasteiger partial charge in [-0.1, -0.05) is 32.9 Å². The average Bonchev–Trinajstić information content (AvgIpc) is 3.04. The molecule has 0 spiro atoms. The van der Waals surface area contributed by atoms with Crippen LogP contribution >= 0.6 is 15.9 Å². The summed E-state index contributed by atoms with van der Waals surface area (Å²) in [6, 6.07) is 2.22. The fourth-order valence-electron chi connectivity index (χ4n) is 3.28. The summed E-state index contributed by atoms with van der Waals surface area (Å²) in [5.41, 5.74) is 3.54. The third kappa shape index (κ3) is 4.45. The Bertz CT molecular complexity index is 862. The standard InChI is InChI=1S/C22H33BrN2O2Si/c1-16-14-19-18(15-24-25(19)20-11-7-8-12-26-20)21(23)17(16)10-9-13-27-28(5,6)22(2,3)4/h9-10,14-15,20H,7-8,11-13H2,1-6H3/b10-9-. The maximum Gasteiger partial charge on any atom is 0.192 e. The van der Waals surface area contributed by atoms with Crippen LogP contribution in [0.1, 0.15) is 57.4 Å². The summed E-state index contributed by atoms with van der Waals surface area (Å²) in [7, 11) is -1.72. The molecule has 154 valence electrons. The van der Waals surface area contributed by atoms with Crippen LogP contribution < -0.4 is 0 Å². The van der Waals surface area contributed by atoms with Crippen molar-refractivity contribution in [2.24, 2.45) is 0 Å². The van der Waals surface area contributed by atoms with Gasteiger partial charge in [0.1, 0.15) is 0 Å². The van der Waals surface area contributed by atoms with E-state index < -0.39 is 8.32 Å². The molecule has 1 saturated heterocycles. The van der Waals surface area contributed by atoms with E-state index in [-0.39, 0.29) is 11.3 Å². The zero-order chi connectivity index (χ0) is 20.5. The van der Waals surface area contributed by atoms with Crippen LogP contribution in [-0.2, 0) is 9.16 Å². The molecule has 1 aromatic heterocycles. The van der Waals surface area contributed by atoms with E-state index in [2.05, 4.69) is 80.0 Å². The van der Waals surface area contributed by atoms with Crippen molar-refractivity contribution in [1.82, 2.24) is 9.78 Å². The summed E-state index contributed by atoms with van der Waals surface area (Å²) in [6.45, 7) is 15.0. The van der Waals surface area contributed by atoms with Gasteiger partial charge in [0, 0.05) is 16.5 Å². The molecule has 0 aliphatic carbocycles. The van der Waals surface area contributed by atoms with Gasteiger partial charge in [-0.3, -0.25) is 0 Å². The quantitative estimate of drug-likeness (QED) is 0.454. The molecule has 0 N–H and O–H groups in total. The largest absolute Gasteiger partial charge is 0.413 e. The number of fused-ring (bicyclic) bond motifs is 1. The van der Waals surface area contributed by atoms with Crippen LogP contribution in [0.4, 0.5) is 0 Å². The lowest BCUT2D eigenvalue weighted by Crippen LogP contribution is -2.40. The smallest absolute Gasteiger partial charge is 0.192 e. The highest BCUT2D eigenvalue weighted by Crippen LogP contribution is 2.37. The molecule has 1 aliphatic heterocycles. The molecular formula is C22H33BrN2O2Si. The Morgan fingerprint density at radius 1 is 1.36 bits per heavy atom. The highest BCUT2D eigenvalue weighted by atomic mass is 79.9. The topological polar surface area (TPSA) is 36.3 Å². The van der Waals surface area contributed by atoms with E-state index >= 15 is 0 Å². The van der Waals surface area contributed by atoms with Crippen LogP contribution in [0, 0.1) is 6.92 Å². The normalized spacial score (nSPS) is 19.0. The third-order valence-electron chi connectivity index (χ3n) is 6.14. The van der Waals surface area contributed by atoms with Crippen LogP contribution in [0.2, 0.25) is 18.1 Å². The van der Waals surface area contributed by atoms with Crippen molar-refractivity contribution in [1.29, 1.82) is 0 Å². The first-order valence-electron chi connectivity index (χ1n) is 10.2. The van der Waals surface area contributed by atoms with Gasteiger partial charge in [-0.25, -0.2) is 4.68 Å². The van der Waals surface area contributed by atoms with Gasteiger partial charge in [0.25, 0.3) is 0 Å². The van der Waals surface area contributed by atoms with E-state index in [1.807, 2.05) is 10.9 Å². The van der Waals surface area contributed by atoms with Crippen molar-refractivity contribution in [2.45, 2.75) is 71.3 Å². The highest BCUT2D eigenvalue weighted by molar-refractivity contribution is 9.10. The number of rotatable bonds is 5. The molecule has 1 atom stereocenters. The first-order chi connectivity index (χ1) is 13.1. The van der Waals surface area contributed by atoms with Crippen molar-refractivity contribution in [2.75, 3.05) is 13.2 Å². The summed E-state index contributed by atoms with van der Waals surface area (Å²) < 4.78 is 15.3. The summed E-state index contributed by atoms with van der Waals surface area (Å²) in [4.78, 5) is 0. The zero-order valence-corrected chi connectivity index (χ0v) is 20.6. The second-order valence-electron chi connectivity index (χ2n) is 9.24. The SMILES string of the molecule is Cc1cc2c(cnn2C2CCCCO2)c(Br)c1/C=C\CO[Si](C)(C)C(C)(C)C. The number of nitrogens with zero attached hydrogens (tertiary/aromatic N) is 2. The highest BCUT2D eigenvalue weighted by Gasteiger charge is 2.36. The Balaban J connectivity index is 1.81. The number of hydrogen-bond acceptors (Lipinski definition) is 3. The number of hydrogen-bond donors (Lipinski definition) is 0. The molecule has 2 aromatic rings. The van der Waals surface area contributed by atoms with Crippen molar-refractivity contribution in [3.8, 4) is 0 Å². The zero-order valence-electron chi connectivity index (χ0n) is 18.0. The van der Waals surface area contributed by atoms with Gasteiger partial charge in [0.05, 0.1) is 18.3 Å². The molecule has 1 unspecified atom stereocenters. The predicted molar refractivity (Wildman–Crippen MR) is 123 cm³/mol. The van der Waals surface area contributed by atoms with Gasteiger partial charge in [0.15, 0.2) is 14.5 Å². The average molecular weight is 466 g/mol. The third-order valence-corrected chi connectivity index (χ3v) is 11.5. The summed E-state index contributed by atoms with van der Waals surface area (Å²) in [6.07, 6.45) is 9.66. The van der Waals surface area contributed by atoms with Crippen LogP contribution in [0.5, 0.6) is 0 Å². The molecule has 0 saturated carbocycles. The van der Waals surface area contributed by atoms with Crippen LogP contribution in [-0.4, -0.2) is 31.3 Å². The minimum Gasteiger partial charge on any atom is -0.413 e. The number of ether oxygens (including phenoxy) is 1. The molecule has 0 bridgehead atoms. The first kappa shape index (κ1) is 21.7. The van der Waals surface area contributed by atoms with E-state index in [9.17, 15) is 0 Å². The van der Waals surface area contributed by atoms with Gasteiger partial charge in [-0.05, 0) is 77.4 Å². The Labute approximate surface area is 178 Å². The summed E-state index contributed by atoms with van der Waals surface area (Å²) in [5, 5.41) is 5.99. The molecule has 2 heterocycles. The predicted octanol–water partition coefficient (Wildman–Crippen LogP) is 6.84. The minimum atomic E-state index is -1.72. The van der Waals surface area contributed by atoms with Crippen molar-refractivity contribution in [3.05, 3.63) is 33.9 Å². The van der Waals surface area contributed by atoms with Crippen LogP contribution in [0.3, 0.4) is 0 Å². The molecule has 6 heteroatoms. The summed E-state index contributed by atoms with van der Waals surface area (Å²) in [5.74, 6) is 0. The van der Waals surface area contributed by atoms with E-state index in [1.165, 1.54) is 17.5 Å². The molecule has 0 amide bonds. The number of benzene rings is 1. The van der Waals surface area contributed by atoms with Crippen LogP contribution in [0.25, 0.3) is 17.0 Å². The Hall–Kier alpha value is -0.953. The number of aryl methyl sites for hydroxylation is 1. The molecule has 28 heavy (non-hydrogen) atoms. The maximum atomic E-state index is 6.27. The van der Waals surface area contributed by atoms with E-state index in [0.717, 1.165) is 34.8 Å². The lowest BCUT2D eigenvalue weighted by atomic mass is 10.1. The Kier molecular flexibility index (Phi) is 6.54. The van der Waals surface area contributed by atoms with Crippen molar-refractivity contribution >= 4 is 41.2 Å².